The van der Waals surface area contributed by atoms with Gasteiger partial charge in [0.25, 0.3) is 0 Å². The molecule has 0 spiro atoms. The zero-order valence-corrected chi connectivity index (χ0v) is 32.0. The van der Waals surface area contributed by atoms with Crippen molar-refractivity contribution in [1.29, 1.82) is 5.26 Å². The number of hydrogen-bond donors (Lipinski definition) is 0. The van der Waals surface area contributed by atoms with Crippen LogP contribution in [0.5, 0.6) is 0 Å². The lowest BCUT2D eigenvalue weighted by Gasteiger charge is -2.28. The number of nitrogens with zero attached hydrogens (tertiary/aromatic N) is 3. The van der Waals surface area contributed by atoms with Gasteiger partial charge in [-0.15, -0.1) is 0 Å². The molecule has 0 fully saturated rings. The highest BCUT2D eigenvalue weighted by molar-refractivity contribution is 6.23. The van der Waals surface area contributed by atoms with E-state index >= 15 is 0 Å². The van der Waals surface area contributed by atoms with Crippen molar-refractivity contribution in [2.24, 2.45) is 5.92 Å². The maximum atomic E-state index is 9.75. The smallest absolute Gasteiger partial charge is 0.0991 e. The molecule has 2 aromatic heterocycles. The molecule has 0 aliphatic heterocycles. The number of allylic oxidation sites excluding steroid dienone is 8. The Morgan fingerprint density at radius 1 is 0.632 bits per heavy atom. The van der Waals surface area contributed by atoms with Crippen LogP contribution in [0.2, 0.25) is 0 Å². The van der Waals surface area contributed by atoms with E-state index in [4.69, 9.17) is 0 Å². The summed E-state index contributed by atoms with van der Waals surface area (Å²) in [5, 5.41) is 18.8. The molecule has 270 valence electrons. The highest BCUT2D eigenvalue weighted by atomic mass is 15.1. The van der Waals surface area contributed by atoms with Crippen molar-refractivity contribution in [3.05, 3.63) is 191 Å². The molecule has 2 heterocycles. The van der Waals surface area contributed by atoms with Crippen molar-refractivity contribution < 1.29 is 0 Å². The molecule has 12 rings (SSSR count). The summed E-state index contributed by atoms with van der Waals surface area (Å²) in [5.41, 5.74) is 14.4. The minimum absolute atomic E-state index is 0.162. The summed E-state index contributed by atoms with van der Waals surface area (Å²) in [6, 6.07) is 47.1. The minimum atomic E-state index is -0.206. The van der Waals surface area contributed by atoms with Crippen molar-refractivity contribution in [1.82, 2.24) is 9.13 Å². The Morgan fingerprint density at radius 2 is 1.35 bits per heavy atom. The predicted molar refractivity (Wildman–Crippen MR) is 237 cm³/mol. The number of benzene rings is 6. The first-order chi connectivity index (χ1) is 28.0. The lowest BCUT2D eigenvalue weighted by atomic mass is 9.80. The van der Waals surface area contributed by atoms with Crippen molar-refractivity contribution in [2.75, 3.05) is 0 Å². The van der Waals surface area contributed by atoms with E-state index in [1.54, 1.807) is 0 Å². The van der Waals surface area contributed by atoms with Crippen LogP contribution < -0.4 is 10.6 Å². The Kier molecular flexibility index (Phi) is 6.70. The van der Waals surface area contributed by atoms with Gasteiger partial charge in [-0.3, -0.25) is 0 Å². The maximum absolute atomic E-state index is 9.75. The van der Waals surface area contributed by atoms with Crippen LogP contribution in [-0.2, 0) is 5.41 Å². The molecule has 8 aromatic rings. The molecule has 2 atom stereocenters. The molecule has 0 N–H and O–H groups in total. The Hall–Kier alpha value is -6.89. The molecule has 3 heteroatoms. The molecule has 0 bridgehead atoms. The van der Waals surface area contributed by atoms with E-state index in [9.17, 15) is 5.26 Å². The van der Waals surface area contributed by atoms with Gasteiger partial charge in [0.15, 0.2) is 0 Å². The standard InChI is InChI=1S/C54H39N3/c1-54(2)44-29-33(32-55)19-24-40(44)41-25-20-36(30-45(41)54)37-23-26-48(56-46-17-9-7-15-42(46)52-38-13-5-3-11-34(38)21-27-49(52)56)51(31-37)57-47-18-10-8-16-43(47)53-39-14-6-4-12-35(39)22-28-50(53)57/h3-21,24-31,35,37H,22-23H2,1-2H3. The fraction of sp³-hybridized carbons (Fsp3) is 0.130. The minimum Gasteiger partial charge on any atom is -0.308 e. The van der Waals surface area contributed by atoms with E-state index in [0.717, 1.165) is 12.8 Å². The van der Waals surface area contributed by atoms with Crippen LogP contribution in [0.25, 0.3) is 77.7 Å². The van der Waals surface area contributed by atoms with Crippen LogP contribution in [0, 0.1) is 17.2 Å². The van der Waals surface area contributed by atoms with Gasteiger partial charge in [-0.1, -0.05) is 147 Å². The van der Waals surface area contributed by atoms with Crippen molar-refractivity contribution in [3.63, 3.8) is 0 Å². The zero-order valence-electron chi connectivity index (χ0n) is 32.0. The molecule has 0 saturated heterocycles. The molecule has 4 aliphatic rings. The van der Waals surface area contributed by atoms with Gasteiger partial charge in [-0.05, 0) is 87.3 Å². The number of nitriles is 1. The van der Waals surface area contributed by atoms with Gasteiger partial charge < -0.3 is 9.13 Å². The number of fused-ring (bicyclic) bond motifs is 12. The molecule has 4 aliphatic carbocycles. The number of hydrogen-bond acceptors (Lipinski definition) is 1. The van der Waals surface area contributed by atoms with E-state index in [1.807, 2.05) is 6.07 Å². The van der Waals surface area contributed by atoms with Crippen LogP contribution in [0.4, 0.5) is 0 Å². The van der Waals surface area contributed by atoms with Crippen molar-refractivity contribution in [2.45, 2.75) is 38.0 Å². The summed E-state index contributed by atoms with van der Waals surface area (Å²) < 4.78 is 5.12. The second-order valence-corrected chi connectivity index (χ2v) is 16.7. The molecule has 57 heavy (non-hydrogen) atoms. The zero-order chi connectivity index (χ0) is 38.0. The van der Waals surface area contributed by atoms with Gasteiger partial charge in [-0.25, -0.2) is 0 Å². The first-order valence-corrected chi connectivity index (χ1v) is 20.2. The predicted octanol–water partition coefficient (Wildman–Crippen LogP) is 11.7. The van der Waals surface area contributed by atoms with Crippen LogP contribution in [0.1, 0.15) is 54.9 Å². The average Bonchev–Trinajstić information content (AvgIpc) is 3.86. The maximum Gasteiger partial charge on any atom is 0.0991 e. The molecule has 6 aromatic carbocycles. The van der Waals surface area contributed by atoms with Gasteiger partial charge in [0.05, 0.1) is 44.9 Å². The summed E-state index contributed by atoms with van der Waals surface area (Å²) in [6.45, 7) is 4.62. The molecular formula is C54H39N3. The Bertz CT molecular complexity index is 3400. The lowest BCUT2D eigenvalue weighted by molar-refractivity contribution is 0.657. The van der Waals surface area contributed by atoms with E-state index < -0.39 is 0 Å². The summed E-state index contributed by atoms with van der Waals surface area (Å²) >= 11 is 0. The fourth-order valence-corrected chi connectivity index (χ4v) is 10.7. The van der Waals surface area contributed by atoms with E-state index in [1.165, 1.54) is 98.8 Å². The lowest BCUT2D eigenvalue weighted by Crippen LogP contribution is -2.36. The Balaban J connectivity index is 1.13. The van der Waals surface area contributed by atoms with Crippen molar-refractivity contribution in [3.8, 4) is 17.2 Å². The summed E-state index contributed by atoms with van der Waals surface area (Å²) in [6.07, 6.45) is 18.5. The summed E-state index contributed by atoms with van der Waals surface area (Å²) in [5.74, 6) is 0.550. The summed E-state index contributed by atoms with van der Waals surface area (Å²) in [4.78, 5) is 0. The van der Waals surface area contributed by atoms with Crippen molar-refractivity contribution >= 4 is 66.5 Å². The Labute approximate surface area is 331 Å². The van der Waals surface area contributed by atoms with Gasteiger partial charge in [0.2, 0.25) is 0 Å². The molecule has 0 saturated carbocycles. The van der Waals surface area contributed by atoms with Gasteiger partial charge in [0, 0.05) is 38.6 Å². The van der Waals surface area contributed by atoms with Crippen LogP contribution in [-0.4, -0.2) is 9.13 Å². The second kappa shape index (κ2) is 11.8. The first kappa shape index (κ1) is 32.4. The van der Waals surface area contributed by atoms with Gasteiger partial charge in [0.1, 0.15) is 0 Å². The third kappa shape index (κ3) is 4.47. The monoisotopic (exact) mass is 729 g/mol. The molecule has 0 amide bonds. The number of para-hydroxylation sites is 2. The third-order valence-corrected chi connectivity index (χ3v) is 13.4. The second-order valence-electron chi connectivity index (χ2n) is 16.7. The Morgan fingerprint density at radius 3 is 2.19 bits per heavy atom. The molecule has 2 unspecified atom stereocenters. The normalized spacial score (nSPS) is 18.9. The highest BCUT2D eigenvalue weighted by Gasteiger charge is 2.36. The summed E-state index contributed by atoms with van der Waals surface area (Å²) in [7, 11) is 0. The topological polar surface area (TPSA) is 33.6 Å². The molecule has 3 nitrogen and oxygen atoms in total. The molecular weight excluding hydrogens is 691 g/mol. The SMILES string of the molecule is CC1(C)c2cc(C#N)ccc2-c2ccc(C3C=C(n4c5c(c6ccccc64)=C4C=CC=CC4CC=5)C(n4c5ccccc5c5c6ccccc6ccc54)=CC3)cc21. The number of aromatic nitrogens is 2. The third-order valence-electron chi connectivity index (χ3n) is 13.4. The highest BCUT2D eigenvalue weighted by Crippen LogP contribution is 2.50. The quantitative estimate of drug-likeness (QED) is 0.178. The van der Waals surface area contributed by atoms with Crippen LogP contribution in [0.3, 0.4) is 0 Å². The largest absolute Gasteiger partial charge is 0.308 e. The van der Waals surface area contributed by atoms with Gasteiger partial charge >= 0.3 is 0 Å². The van der Waals surface area contributed by atoms with E-state index in [2.05, 4.69) is 187 Å². The first-order valence-electron chi connectivity index (χ1n) is 20.2. The fourth-order valence-electron chi connectivity index (χ4n) is 10.7. The molecule has 0 radical (unpaired) electrons. The van der Waals surface area contributed by atoms with E-state index in [0.29, 0.717) is 11.5 Å². The number of rotatable bonds is 3. The van der Waals surface area contributed by atoms with Crippen LogP contribution in [0.15, 0.2) is 158 Å². The average molecular weight is 730 g/mol. The van der Waals surface area contributed by atoms with Gasteiger partial charge in [-0.2, -0.15) is 5.26 Å². The van der Waals surface area contributed by atoms with Crippen LogP contribution >= 0.6 is 0 Å². The van der Waals surface area contributed by atoms with E-state index in [-0.39, 0.29) is 11.3 Å².